The number of fused-ring (bicyclic) bond motifs is 5. The Kier molecular flexibility index (Phi) is 5.48. The molecule has 0 spiro atoms. The van der Waals surface area contributed by atoms with Crippen molar-refractivity contribution in [3.63, 3.8) is 0 Å². The van der Waals surface area contributed by atoms with Crippen LogP contribution in [-0.2, 0) is 0 Å². The molecule has 8 heteroatoms. The van der Waals surface area contributed by atoms with Gasteiger partial charge in [-0.05, 0) is 51.3 Å². The lowest BCUT2D eigenvalue weighted by atomic mass is 9.93. The normalized spacial score (nSPS) is 11.1. The Bertz CT molecular complexity index is 2220. The van der Waals surface area contributed by atoms with E-state index in [-0.39, 0.29) is 11.1 Å². The smallest absolute Gasteiger partial charge is 0.187 e. The van der Waals surface area contributed by atoms with Crippen LogP contribution >= 0.6 is 0 Å². The van der Waals surface area contributed by atoms with Gasteiger partial charge >= 0.3 is 0 Å². The molecule has 2 aromatic heterocycles. The third-order valence-electron chi connectivity index (χ3n) is 7.12. The van der Waals surface area contributed by atoms with Gasteiger partial charge in [-0.2, -0.15) is 5.26 Å². The van der Waals surface area contributed by atoms with E-state index in [1.54, 1.807) is 42.5 Å². The molecule has 0 N–H and O–H groups in total. The molecule has 0 radical (unpaired) electrons. The number of para-hydroxylation sites is 1. The van der Waals surface area contributed by atoms with Gasteiger partial charge in [0, 0.05) is 21.7 Å². The van der Waals surface area contributed by atoms with Crippen molar-refractivity contribution in [2.45, 2.75) is 0 Å². The number of halogens is 2. The van der Waals surface area contributed by atoms with Crippen molar-refractivity contribution in [2.24, 2.45) is 0 Å². The molecule has 0 aliphatic rings. The summed E-state index contributed by atoms with van der Waals surface area (Å²) < 4.78 is 34.6. The van der Waals surface area contributed by atoms with E-state index >= 15 is 0 Å². The lowest BCUT2D eigenvalue weighted by Gasteiger charge is -2.13. The lowest BCUT2D eigenvalue weighted by molar-refractivity contribution is 0.316. The molecule has 6 nitrogen and oxygen atoms in total. The van der Waals surface area contributed by atoms with E-state index in [2.05, 4.69) is 15.2 Å². The summed E-state index contributed by atoms with van der Waals surface area (Å²) >= 11 is 0. The predicted molar refractivity (Wildman–Crippen MR) is 152 cm³/mol. The maximum atomic E-state index is 14.7. The summed E-state index contributed by atoms with van der Waals surface area (Å²) in [5.74, 6) is -1.62. The third kappa shape index (κ3) is 3.86. The zero-order valence-corrected chi connectivity index (χ0v) is 21.1. The van der Waals surface area contributed by atoms with Gasteiger partial charge < -0.3 is 0 Å². The number of hydrogen-bond donors (Lipinski definition) is 0. The number of nitriles is 1. The maximum absolute atomic E-state index is 14.7. The molecular weight excluding hydrogens is 520 g/mol. The minimum atomic E-state index is -0.810. The lowest BCUT2D eigenvalue weighted by Crippen LogP contribution is -1.94. The molecule has 0 amide bonds. The van der Waals surface area contributed by atoms with E-state index in [0.717, 1.165) is 44.9 Å². The van der Waals surface area contributed by atoms with Crippen molar-refractivity contribution >= 4 is 38.4 Å². The molecule has 0 atom stereocenters. The van der Waals surface area contributed by atoms with Gasteiger partial charge in [-0.25, -0.2) is 23.2 Å². The summed E-state index contributed by atoms with van der Waals surface area (Å²) in [6.07, 6.45) is 0. The molecule has 0 saturated carbocycles. The van der Waals surface area contributed by atoms with Gasteiger partial charge in [0.2, 0.25) is 0 Å². The second kappa shape index (κ2) is 9.33. The Morgan fingerprint density at radius 3 is 2.12 bits per heavy atom. The summed E-state index contributed by atoms with van der Waals surface area (Å²) in [6.45, 7) is 7.29. The zero-order chi connectivity index (χ0) is 28.1. The van der Waals surface area contributed by atoms with Crippen molar-refractivity contribution in [2.75, 3.05) is 0 Å². The predicted octanol–water partition coefficient (Wildman–Crippen LogP) is 8.63. The first kappa shape index (κ1) is 24.1. The van der Waals surface area contributed by atoms with Gasteiger partial charge in [-0.15, -0.1) is 0 Å². The molecule has 41 heavy (non-hydrogen) atoms. The Morgan fingerprint density at radius 1 is 0.756 bits per heavy atom. The summed E-state index contributed by atoms with van der Waals surface area (Å²) in [4.78, 5) is 8.47. The molecule has 7 rings (SSSR count). The molecule has 0 saturated heterocycles. The SMILES string of the molecule is [C-]#[N+]c1ccc(-c2nc3ccccc3c3c2cc(-c2ccc(-c4c(F)cc(C#N)cc4F)cc2)c2nonc23)cc1. The average molecular weight is 536 g/mol. The number of nitrogens with zero attached hydrogens (tertiary/aromatic N) is 5. The van der Waals surface area contributed by atoms with E-state index in [0.29, 0.717) is 33.5 Å². The van der Waals surface area contributed by atoms with Crippen LogP contribution in [0.2, 0.25) is 0 Å². The van der Waals surface area contributed by atoms with Gasteiger partial charge in [0.1, 0.15) is 22.7 Å². The van der Waals surface area contributed by atoms with Crippen LogP contribution in [0.1, 0.15) is 5.56 Å². The number of rotatable bonds is 3. The first-order valence-corrected chi connectivity index (χ1v) is 12.5. The third-order valence-corrected chi connectivity index (χ3v) is 7.12. The fourth-order valence-corrected chi connectivity index (χ4v) is 5.23. The van der Waals surface area contributed by atoms with Crippen LogP contribution in [0.3, 0.4) is 0 Å². The number of aromatic nitrogens is 3. The molecule has 5 aromatic carbocycles. The standard InChI is InChI=1S/C33H15F2N5O/c1-37-22-12-10-21(11-13-22)31-25-16-24(32-33(40-41-39-32)30(25)23-4-2-3-5-28(23)38-31)19-6-8-20(9-7-19)29-26(34)14-18(17-36)15-27(29)35/h2-16H. The molecule has 2 heterocycles. The number of hydrogen-bond acceptors (Lipinski definition) is 5. The van der Waals surface area contributed by atoms with Gasteiger partial charge in [-0.3, -0.25) is 0 Å². The Labute approximate surface area is 231 Å². The van der Waals surface area contributed by atoms with Crippen LogP contribution in [0.4, 0.5) is 14.5 Å². The van der Waals surface area contributed by atoms with Crippen LogP contribution in [0.5, 0.6) is 0 Å². The highest BCUT2D eigenvalue weighted by Gasteiger charge is 2.20. The Morgan fingerprint density at radius 2 is 1.41 bits per heavy atom. The fraction of sp³-hybridized carbons (Fsp3) is 0. The molecule has 0 bridgehead atoms. The quantitative estimate of drug-likeness (QED) is 0.167. The Balaban J connectivity index is 1.47. The molecule has 7 aromatic rings. The van der Waals surface area contributed by atoms with Crippen molar-refractivity contribution in [1.82, 2.24) is 15.3 Å². The summed E-state index contributed by atoms with van der Waals surface area (Å²) in [5.41, 5.74) is 5.41. The fourth-order valence-electron chi connectivity index (χ4n) is 5.23. The van der Waals surface area contributed by atoms with E-state index in [9.17, 15) is 8.78 Å². The van der Waals surface area contributed by atoms with Crippen LogP contribution < -0.4 is 0 Å². The van der Waals surface area contributed by atoms with Gasteiger partial charge in [0.05, 0.1) is 35.0 Å². The van der Waals surface area contributed by atoms with Gasteiger partial charge in [-0.1, -0.05) is 66.7 Å². The van der Waals surface area contributed by atoms with Crippen LogP contribution in [-0.4, -0.2) is 15.3 Å². The molecular formula is C33H15F2N5O. The van der Waals surface area contributed by atoms with Gasteiger partial charge in [0.15, 0.2) is 5.69 Å². The number of benzene rings is 5. The molecule has 0 aliphatic heterocycles. The average Bonchev–Trinajstić information content (AvgIpc) is 3.50. The van der Waals surface area contributed by atoms with Crippen molar-refractivity contribution in [3.8, 4) is 39.6 Å². The molecule has 192 valence electrons. The van der Waals surface area contributed by atoms with Crippen LogP contribution in [0, 0.1) is 29.5 Å². The molecule has 0 aliphatic carbocycles. The van der Waals surface area contributed by atoms with Crippen LogP contribution in [0.25, 0.3) is 71.1 Å². The monoisotopic (exact) mass is 535 g/mol. The minimum absolute atomic E-state index is 0.0851. The first-order valence-electron chi connectivity index (χ1n) is 12.5. The molecule has 0 unspecified atom stereocenters. The first-order chi connectivity index (χ1) is 20.1. The summed E-state index contributed by atoms with van der Waals surface area (Å²) in [7, 11) is 0. The molecule has 0 fully saturated rings. The van der Waals surface area contributed by atoms with Crippen molar-refractivity contribution < 1.29 is 13.4 Å². The Hall–Kier alpha value is -5.99. The van der Waals surface area contributed by atoms with Crippen molar-refractivity contribution in [3.05, 3.63) is 120 Å². The highest BCUT2D eigenvalue weighted by atomic mass is 19.1. The van der Waals surface area contributed by atoms with Gasteiger partial charge in [0.25, 0.3) is 0 Å². The van der Waals surface area contributed by atoms with Crippen molar-refractivity contribution in [1.29, 1.82) is 5.26 Å². The topological polar surface area (TPSA) is 80.0 Å². The van der Waals surface area contributed by atoms with E-state index < -0.39 is 11.6 Å². The number of pyridine rings is 1. The second-order valence-corrected chi connectivity index (χ2v) is 9.45. The highest BCUT2D eigenvalue weighted by molar-refractivity contribution is 6.23. The maximum Gasteiger partial charge on any atom is 0.187 e. The second-order valence-electron chi connectivity index (χ2n) is 9.45. The van der Waals surface area contributed by atoms with Crippen LogP contribution in [0.15, 0.2) is 95.6 Å². The zero-order valence-electron chi connectivity index (χ0n) is 21.1. The summed E-state index contributed by atoms with van der Waals surface area (Å²) in [5, 5.41) is 20.0. The van der Waals surface area contributed by atoms with E-state index in [4.69, 9.17) is 21.4 Å². The minimum Gasteiger partial charge on any atom is -0.247 e. The van der Waals surface area contributed by atoms with E-state index in [1.165, 1.54) is 0 Å². The highest BCUT2D eigenvalue weighted by Crippen LogP contribution is 2.41. The van der Waals surface area contributed by atoms with E-state index in [1.807, 2.05) is 42.5 Å². The largest absolute Gasteiger partial charge is 0.247 e. The summed E-state index contributed by atoms with van der Waals surface area (Å²) in [6, 6.07) is 27.5.